The van der Waals surface area contributed by atoms with Crippen molar-refractivity contribution in [3.05, 3.63) is 67.6 Å². The molecule has 0 spiro atoms. The van der Waals surface area contributed by atoms with Gasteiger partial charge in [0.1, 0.15) is 0 Å². The van der Waals surface area contributed by atoms with E-state index in [9.17, 15) is 19.2 Å². The number of esters is 3. The summed E-state index contributed by atoms with van der Waals surface area (Å²) in [7, 11) is 1.26. The van der Waals surface area contributed by atoms with Crippen LogP contribution in [0.4, 0.5) is 0 Å². The van der Waals surface area contributed by atoms with Crippen molar-refractivity contribution in [1.82, 2.24) is 0 Å². The van der Waals surface area contributed by atoms with Crippen LogP contribution in [0, 0.1) is 0 Å². The Balaban J connectivity index is 0.000000241. The smallest absolute Gasteiger partial charge is 0.314 e. The van der Waals surface area contributed by atoms with Gasteiger partial charge >= 0.3 is 23.9 Å². The van der Waals surface area contributed by atoms with Gasteiger partial charge in [-0.2, -0.15) is 0 Å². The first-order valence-electron chi connectivity index (χ1n) is 9.92. The molecule has 0 saturated carbocycles. The van der Waals surface area contributed by atoms with Crippen molar-refractivity contribution < 1.29 is 33.8 Å². The van der Waals surface area contributed by atoms with Crippen molar-refractivity contribution in [3.8, 4) is 0 Å². The molecule has 182 valence electrons. The lowest BCUT2D eigenvalue weighted by molar-refractivity contribution is -0.164. The second-order valence-corrected chi connectivity index (χ2v) is 9.00. The molecule has 3 rings (SSSR count). The number of benzene rings is 2. The highest BCUT2D eigenvalue weighted by molar-refractivity contribution is 6.42. The topological polar surface area (TPSA) is 107 Å². The maximum atomic E-state index is 11.3. The number of methoxy groups -OCH3 is 1. The van der Waals surface area contributed by atoms with Crippen LogP contribution in [0.1, 0.15) is 48.6 Å². The van der Waals surface area contributed by atoms with Gasteiger partial charge in [-0.05, 0) is 35.4 Å². The quantitative estimate of drug-likeness (QED) is 0.345. The Morgan fingerprint density at radius 2 is 1.50 bits per heavy atom. The molecule has 0 radical (unpaired) electrons. The summed E-state index contributed by atoms with van der Waals surface area (Å²) in [6, 6.07) is 9.91. The molecule has 0 amide bonds. The van der Waals surface area contributed by atoms with Crippen LogP contribution >= 0.6 is 46.4 Å². The minimum absolute atomic E-state index is 0.0131. The molecule has 1 aliphatic rings. The maximum Gasteiger partial charge on any atom is 0.314 e. The zero-order valence-electron chi connectivity index (χ0n) is 17.9. The number of ether oxygens (including phenoxy) is 2. The number of rotatable bonds is 6. The lowest BCUT2D eigenvalue weighted by Crippen LogP contribution is -2.24. The summed E-state index contributed by atoms with van der Waals surface area (Å²) in [6.07, 6.45) is 0.210. The molecule has 1 N–H and O–H groups in total. The third kappa shape index (κ3) is 8.47. The van der Waals surface area contributed by atoms with E-state index in [2.05, 4.69) is 9.47 Å². The molecule has 7 nitrogen and oxygen atoms in total. The van der Waals surface area contributed by atoms with Crippen LogP contribution in [0.5, 0.6) is 0 Å². The molecule has 0 bridgehead atoms. The third-order valence-corrected chi connectivity index (χ3v) is 6.42. The van der Waals surface area contributed by atoms with Crippen molar-refractivity contribution in [1.29, 1.82) is 0 Å². The van der Waals surface area contributed by atoms with Crippen molar-refractivity contribution in [2.45, 2.75) is 37.5 Å². The van der Waals surface area contributed by atoms with E-state index in [1.807, 2.05) is 0 Å². The van der Waals surface area contributed by atoms with Gasteiger partial charge in [-0.1, -0.05) is 58.5 Å². The highest BCUT2D eigenvalue weighted by Crippen LogP contribution is 2.32. The van der Waals surface area contributed by atoms with Gasteiger partial charge in [0.25, 0.3) is 0 Å². The Hall–Kier alpha value is -2.32. The Morgan fingerprint density at radius 3 is 2.00 bits per heavy atom. The van der Waals surface area contributed by atoms with Gasteiger partial charge in [0, 0.05) is 11.8 Å². The number of carboxylic acids is 1. The Morgan fingerprint density at radius 1 is 0.941 bits per heavy atom. The number of aliphatic carboxylic acids is 1. The fourth-order valence-corrected chi connectivity index (χ4v) is 3.87. The van der Waals surface area contributed by atoms with Crippen molar-refractivity contribution in [3.63, 3.8) is 0 Å². The summed E-state index contributed by atoms with van der Waals surface area (Å²) < 4.78 is 9.00. The number of cyclic esters (lactones) is 2. The van der Waals surface area contributed by atoms with Crippen LogP contribution in [0.2, 0.25) is 20.1 Å². The van der Waals surface area contributed by atoms with Gasteiger partial charge in [0.2, 0.25) is 0 Å². The predicted octanol–water partition coefficient (Wildman–Crippen LogP) is 6.06. The number of carbonyl (C=O) groups excluding carboxylic acids is 3. The molecule has 2 aromatic carbocycles. The molecule has 2 aromatic rings. The highest BCUT2D eigenvalue weighted by Gasteiger charge is 2.28. The molecule has 11 heteroatoms. The van der Waals surface area contributed by atoms with Gasteiger partial charge in [0.05, 0.1) is 52.9 Å². The van der Waals surface area contributed by atoms with E-state index >= 15 is 0 Å². The van der Waals surface area contributed by atoms with Crippen LogP contribution in [-0.4, -0.2) is 36.1 Å². The maximum absolute atomic E-state index is 11.3. The first-order chi connectivity index (χ1) is 16.0. The van der Waals surface area contributed by atoms with Crippen molar-refractivity contribution in [2.24, 2.45) is 0 Å². The second-order valence-electron chi connectivity index (χ2n) is 7.37. The number of hydrogen-bond acceptors (Lipinski definition) is 6. The Labute approximate surface area is 215 Å². The van der Waals surface area contributed by atoms with Crippen LogP contribution in [-0.2, 0) is 28.7 Å². The van der Waals surface area contributed by atoms with E-state index in [1.165, 1.54) is 7.11 Å². The molecule has 1 atom stereocenters. The summed E-state index contributed by atoms with van der Waals surface area (Å²) in [5.41, 5.74) is 1.48. The molecule has 1 heterocycles. The Bertz CT molecular complexity index is 1070. The van der Waals surface area contributed by atoms with Crippen molar-refractivity contribution >= 4 is 70.3 Å². The standard InChI is InChI=1S/C12H12Cl2O4.C11H8Cl2O3/c1-18-12(17)6-8(5-11(15)16)7-2-3-9(13)10(14)4-7;12-8-2-1-6(3-9(8)13)7-4-10(14)16-11(15)5-7/h2-4,8H,5-6H2,1H3,(H,15,16);1-3,7H,4-5H2/t8-;/m1./s1. The molecular formula is C23H20Cl4O7. The van der Waals surface area contributed by atoms with Crippen LogP contribution in [0.15, 0.2) is 36.4 Å². The Kier molecular flexibility index (Phi) is 10.6. The molecule has 0 aliphatic carbocycles. The van der Waals surface area contributed by atoms with E-state index < -0.39 is 29.8 Å². The van der Waals surface area contributed by atoms with Gasteiger partial charge in [-0.15, -0.1) is 0 Å². The number of hydrogen-bond donors (Lipinski definition) is 1. The van der Waals surface area contributed by atoms with Crippen LogP contribution < -0.4 is 0 Å². The number of halogens is 4. The third-order valence-electron chi connectivity index (χ3n) is 4.95. The molecule has 0 unspecified atom stereocenters. The van der Waals surface area contributed by atoms with Gasteiger partial charge < -0.3 is 14.6 Å². The molecule has 1 saturated heterocycles. The fraction of sp³-hybridized carbons (Fsp3) is 0.304. The average Bonchev–Trinajstić information content (AvgIpc) is 2.76. The minimum Gasteiger partial charge on any atom is -0.481 e. The summed E-state index contributed by atoms with van der Waals surface area (Å²) in [5, 5.41) is 10.4. The van der Waals surface area contributed by atoms with E-state index in [-0.39, 0.29) is 31.6 Å². The summed E-state index contributed by atoms with van der Waals surface area (Å²) in [5.74, 6) is -3.09. The van der Waals surface area contributed by atoms with E-state index in [0.29, 0.717) is 25.7 Å². The zero-order chi connectivity index (χ0) is 25.4. The van der Waals surface area contributed by atoms with Crippen LogP contribution in [0.3, 0.4) is 0 Å². The monoisotopic (exact) mass is 548 g/mol. The first-order valence-corrected chi connectivity index (χ1v) is 11.4. The lowest BCUT2D eigenvalue weighted by atomic mass is 9.91. The molecule has 0 aromatic heterocycles. The average molecular weight is 550 g/mol. The minimum atomic E-state index is -0.991. The van der Waals surface area contributed by atoms with E-state index in [4.69, 9.17) is 51.5 Å². The van der Waals surface area contributed by atoms with Crippen molar-refractivity contribution in [2.75, 3.05) is 7.11 Å². The highest BCUT2D eigenvalue weighted by atomic mass is 35.5. The molecular weight excluding hydrogens is 530 g/mol. The zero-order valence-corrected chi connectivity index (χ0v) is 20.9. The largest absolute Gasteiger partial charge is 0.481 e. The predicted molar refractivity (Wildman–Crippen MR) is 128 cm³/mol. The van der Waals surface area contributed by atoms with Gasteiger partial charge in [-0.3, -0.25) is 19.2 Å². The number of carboxylic acid groups (broad SMARTS) is 1. The normalized spacial score (nSPS) is 14.5. The summed E-state index contributed by atoms with van der Waals surface area (Å²) >= 11 is 23.3. The van der Waals surface area contributed by atoms with Gasteiger partial charge in [0.15, 0.2) is 0 Å². The van der Waals surface area contributed by atoms with E-state index in [1.54, 1.807) is 36.4 Å². The molecule has 1 fully saturated rings. The SMILES string of the molecule is COC(=O)C[C@@H](CC(=O)O)c1ccc(Cl)c(Cl)c1.O=C1CC(c2ccc(Cl)c(Cl)c2)CC(=O)O1. The van der Waals surface area contributed by atoms with Crippen LogP contribution in [0.25, 0.3) is 0 Å². The summed E-state index contributed by atoms with van der Waals surface area (Å²) in [4.78, 5) is 44.3. The van der Waals surface area contributed by atoms with E-state index in [0.717, 1.165) is 5.56 Å². The first kappa shape index (κ1) is 27.9. The summed E-state index contributed by atoms with van der Waals surface area (Å²) in [6.45, 7) is 0. The molecule has 1 aliphatic heterocycles. The fourth-order valence-electron chi connectivity index (χ4n) is 3.26. The lowest BCUT2D eigenvalue weighted by Gasteiger charge is -2.20. The second kappa shape index (κ2) is 13.0. The van der Waals surface area contributed by atoms with Gasteiger partial charge in [-0.25, -0.2) is 0 Å². The number of carbonyl (C=O) groups is 4. The molecule has 34 heavy (non-hydrogen) atoms.